The Hall–Kier alpha value is -6.15. The molecule has 0 bridgehead atoms. The molecule has 0 saturated carbocycles. The van der Waals surface area contributed by atoms with Crippen molar-refractivity contribution in [3.63, 3.8) is 0 Å². The Balaban J connectivity index is 0.753. The summed E-state index contributed by atoms with van der Waals surface area (Å²) in [5.74, 6) is 0.412. The number of nitrogens with zero attached hydrogens (tertiary/aromatic N) is 7. The number of likely N-dealkylation sites (tertiary alicyclic amines) is 1. The molecule has 14 heteroatoms. The first-order valence-electron chi connectivity index (χ1n) is 19.3. The summed E-state index contributed by atoms with van der Waals surface area (Å²) in [5, 5.41) is 14.6. The third-order valence-corrected chi connectivity index (χ3v) is 11.8. The van der Waals surface area contributed by atoms with Gasteiger partial charge in [0, 0.05) is 75.4 Å². The first kappa shape index (κ1) is 35.5. The first-order valence-corrected chi connectivity index (χ1v) is 19.3. The number of para-hydroxylation sites is 1. The van der Waals surface area contributed by atoms with Gasteiger partial charge in [-0.3, -0.25) is 29.4 Å². The number of carbonyl (C=O) groups is 4. The Bertz CT molecular complexity index is 2370. The van der Waals surface area contributed by atoms with E-state index in [1.165, 1.54) is 5.56 Å². The number of piperidine rings is 2. The lowest BCUT2D eigenvalue weighted by Gasteiger charge is -2.43. The fourth-order valence-electron chi connectivity index (χ4n) is 8.61. The van der Waals surface area contributed by atoms with Crippen LogP contribution in [-0.2, 0) is 16.6 Å². The average Bonchev–Trinajstić information content (AvgIpc) is 3.62. The topological polar surface area (TPSA) is 158 Å². The van der Waals surface area contributed by atoms with Crippen LogP contribution in [-0.4, -0.2) is 91.9 Å². The minimum absolute atomic E-state index is 0.102. The zero-order valence-electron chi connectivity index (χ0n) is 31.7. The van der Waals surface area contributed by atoms with E-state index in [1.54, 1.807) is 16.8 Å². The van der Waals surface area contributed by atoms with E-state index in [0.29, 0.717) is 28.9 Å². The van der Waals surface area contributed by atoms with Gasteiger partial charge in [-0.25, -0.2) is 9.67 Å². The van der Waals surface area contributed by atoms with Crippen LogP contribution < -0.4 is 20.9 Å². The van der Waals surface area contributed by atoms with E-state index in [4.69, 9.17) is 4.98 Å². The number of nitrogens with one attached hydrogen (secondary N) is 3. The van der Waals surface area contributed by atoms with Crippen LogP contribution in [0.3, 0.4) is 0 Å². The highest BCUT2D eigenvalue weighted by Crippen LogP contribution is 2.35. The maximum absolute atomic E-state index is 13.3. The highest BCUT2D eigenvalue weighted by Gasteiger charge is 2.45. The summed E-state index contributed by atoms with van der Waals surface area (Å²) in [6, 6.07) is 19.2. The van der Waals surface area contributed by atoms with E-state index >= 15 is 0 Å². The molecule has 56 heavy (non-hydrogen) atoms. The normalized spacial score (nSPS) is 19.4. The predicted molar refractivity (Wildman–Crippen MR) is 212 cm³/mol. The molecule has 6 heterocycles. The average molecular weight is 753 g/mol. The Morgan fingerprint density at radius 2 is 1.59 bits per heavy atom. The van der Waals surface area contributed by atoms with Crippen LogP contribution in [0.15, 0.2) is 66.9 Å². The van der Waals surface area contributed by atoms with Gasteiger partial charge in [0.2, 0.25) is 17.8 Å². The second-order valence-electron chi connectivity index (χ2n) is 15.6. The minimum atomic E-state index is -0.960. The van der Waals surface area contributed by atoms with Crippen LogP contribution in [0.5, 0.6) is 0 Å². The number of amides is 4. The monoisotopic (exact) mass is 752 g/mol. The highest BCUT2D eigenvalue weighted by molar-refractivity contribution is 6.23. The van der Waals surface area contributed by atoms with E-state index in [2.05, 4.69) is 86.1 Å². The van der Waals surface area contributed by atoms with Crippen LogP contribution in [0.2, 0.25) is 0 Å². The fraction of sp³-hybridized carbons (Fsp3) is 0.357. The lowest BCUT2D eigenvalue weighted by molar-refractivity contribution is -0.136. The van der Waals surface area contributed by atoms with Crippen LogP contribution in [0, 0.1) is 19.8 Å². The van der Waals surface area contributed by atoms with Gasteiger partial charge in [0.15, 0.2) is 11.5 Å². The molecule has 0 spiro atoms. The van der Waals surface area contributed by atoms with Crippen molar-refractivity contribution in [3.05, 3.63) is 94.7 Å². The van der Waals surface area contributed by atoms with E-state index in [1.807, 2.05) is 25.4 Å². The molecule has 9 rings (SSSR count). The quantitative estimate of drug-likeness (QED) is 0.170. The van der Waals surface area contributed by atoms with E-state index < -0.39 is 23.8 Å². The molecule has 4 aliphatic rings. The van der Waals surface area contributed by atoms with E-state index in [9.17, 15) is 19.2 Å². The molecule has 2 aromatic heterocycles. The molecule has 14 nitrogen and oxygen atoms in total. The number of fused-ring (bicyclic) bond motifs is 2. The summed E-state index contributed by atoms with van der Waals surface area (Å²) in [6.07, 6.45) is 4.15. The lowest BCUT2D eigenvalue weighted by atomic mass is 9.88. The van der Waals surface area contributed by atoms with Crippen molar-refractivity contribution in [1.29, 1.82) is 0 Å². The maximum atomic E-state index is 13.3. The second kappa shape index (κ2) is 14.2. The number of hydrogen-bond acceptors (Lipinski definition) is 11. The summed E-state index contributed by atoms with van der Waals surface area (Å²) < 4.78 is 1.77. The largest absolute Gasteiger partial charge is 0.371 e. The van der Waals surface area contributed by atoms with Crippen molar-refractivity contribution < 1.29 is 19.2 Å². The number of anilines is 5. The number of hydrogen-bond donors (Lipinski definition) is 3. The lowest BCUT2D eigenvalue weighted by Crippen LogP contribution is -2.54. The smallest absolute Gasteiger partial charge is 0.262 e. The number of imide groups is 2. The predicted octanol–water partition coefficient (Wildman–Crippen LogP) is 5.18. The molecule has 0 radical (unpaired) electrons. The van der Waals surface area contributed by atoms with Crippen molar-refractivity contribution in [2.75, 3.05) is 48.3 Å². The highest BCUT2D eigenvalue weighted by atomic mass is 16.2. The van der Waals surface area contributed by atoms with Gasteiger partial charge in [-0.2, -0.15) is 10.1 Å². The molecule has 3 saturated heterocycles. The summed E-state index contributed by atoms with van der Waals surface area (Å²) in [5.41, 5.74) is 7.89. The van der Waals surface area contributed by atoms with E-state index in [0.717, 1.165) is 95.5 Å². The summed E-state index contributed by atoms with van der Waals surface area (Å²) in [4.78, 5) is 65.7. The molecule has 3 aromatic carbocycles. The van der Waals surface area contributed by atoms with Crippen molar-refractivity contribution in [2.45, 2.75) is 51.5 Å². The van der Waals surface area contributed by atoms with Gasteiger partial charge in [0.1, 0.15) is 6.04 Å². The van der Waals surface area contributed by atoms with Gasteiger partial charge >= 0.3 is 0 Å². The van der Waals surface area contributed by atoms with Gasteiger partial charge in [-0.15, -0.1) is 0 Å². The molecule has 1 unspecified atom stereocenters. The van der Waals surface area contributed by atoms with Gasteiger partial charge in [0.25, 0.3) is 11.8 Å². The Labute approximate surface area is 324 Å². The molecule has 5 aromatic rings. The van der Waals surface area contributed by atoms with Gasteiger partial charge < -0.3 is 20.4 Å². The molecule has 0 aliphatic carbocycles. The van der Waals surface area contributed by atoms with Crippen LogP contribution in [0.25, 0.3) is 11.0 Å². The summed E-state index contributed by atoms with van der Waals surface area (Å²) in [7, 11) is 1.89. The molecule has 3 N–H and O–H groups in total. The number of aromatic nitrogens is 4. The maximum Gasteiger partial charge on any atom is 0.262 e. The summed E-state index contributed by atoms with van der Waals surface area (Å²) in [6.45, 7) is 9.05. The molecule has 3 fully saturated rings. The Kier molecular flexibility index (Phi) is 8.99. The zero-order valence-corrected chi connectivity index (χ0v) is 31.7. The van der Waals surface area contributed by atoms with Gasteiger partial charge in [-0.05, 0) is 86.1 Å². The summed E-state index contributed by atoms with van der Waals surface area (Å²) >= 11 is 0. The van der Waals surface area contributed by atoms with Gasteiger partial charge in [-0.1, -0.05) is 30.3 Å². The second-order valence-corrected chi connectivity index (χ2v) is 15.6. The van der Waals surface area contributed by atoms with Crippen molar-refractivity contribution in [1.82, 2.24) is 34.9 Å². The standard InChI is InChI=1S/C42H44N10O4/c1-24-5-4-6-25(2)36(24)46-37-33-20-43-42(47-38(33)49(3)48-37)44-29-9-7-27(8-10-29)28-22-50(23-28)21-26-15-17-51(18-16-26)30-11-12-31-32(19-30)41(56)52(40(31)55)34-13-14-35(53)45-39(34)54/h4-12,19-20,26,28,34H,13-18,21-23H2,1-3H3,(H,46,48)(H,43,44,47)(H,45,53,54). The zero-order chi connectivity index (χ0) is 38.7. The van der Waals surface area contributed by atoms with Crippen molar-refractivity contribution in [3.8, 4) is 0 Å². The Morgan fingerprint density at radius 1 is 0.857 bits per heavy atom. The number of aryl methyl sites for hydroxylation is 3. The SMILES string of the molecule is Cc1cccc(C)c1Nc1nn(C)c2nc(Nc3ccc(C4CN(CC5CCN(c6ccc7c(c6)C(=O)N(C6CCC(=O)NC6=O)C7=O)CC5)C4)cc3)ncc12. The van der Waals surface area contributed by atoms with Crippen LogP contribution in [0.1, 0.15) is 69.0 Å². The molecule has 4 amide bonds. The molecule has 1 atom stereocenters. The van der Waals surface area contributed by atoms with E-state index in [-0.39, 0.29) is 18.7 Å². The third kappa shape index (κ3) is 6.53. The van der Waals surface area contributed by atoms with Gasteiger partial charge in [0.05, 0.1) is 16.5 Å². The minimum Gasteiger partial charge on any atom is -0.371 e. The number of benzene rings is 3. The first-order chi connectivity index (χ1) is 27.1. The van der Waals surface area contributed by atoms with Crippen molar-refractivity contribution >= 4 is 63.5 Å². The van der Waals surface area contributed by atoms with Crippen molar-refractivity contribution in [2.24, 2.45) is 13.0 Å². The molecular weight excluding hydrogens is 709 g/mol. The molecule has 286 valence electrons. The van der Waals surface area contributed by atoms with Crippen LogP contribution in [0.4, 0.5) is 28.8 Å². The van der Waals surface area contributed by atoms with Crippen LogP contribution >= 0.6 is 0 Å². The third-order valence-electron chi connectivity index (χ3n) is 11.8. The molecular formula is C42H44N10O4. The molecule has 4 aliphatic heterocycles. The number of carbonyl (C=O) groups excluding carboxylic acids is 4. The Morgan fingerprint density at radius 3 is 2.32 bits per heavy atom. The fourth-order valence-corrected chi connectivity index (χ4v) is 8.61. The number of rotatable bonds is 9.